The number of amides is 1. The summed E-state index contributed by atoms with van der Waals surface area (Å²) in [4.78, 5) is 17.7. The molecule has 31 heavy (non-hydrogen) atoms. The quantitative estimate of drug-likeness (QED) is 0.598. The Bertz CT molecular complexity index is 955. The summed E-state index contributed by atoms with van der Waals surface area (Å²) in [5, 5.41) is 2.88. The molecule has 3 rings (SSSR count). The van der Waals surface area contributed by atoms with E-state index in [-0.39, 0.29) is 12.5 Å². The van der Waals surface area contributed by atoms with Crippen LogP contribution in [0.1, 0.15) is 16.7 Å². The number of carbonyl (C=O) groups is 1. The van der Waals surface area contributed by atoms with Gasteiger partial charge in [-0.2, -0.15) is 0 Å². The Labute approximate surface area is 197 Å². The van der Waals surface area contributed by atoms with E-state index >= 15 is 0 Å². The third kappa shape index (κ3) is 6.18. The number of carbonyl (C=O) groups excluding carboxylic acids is 1. The molecule has 1 amide bonds. The van der Waals surface area contributed by atoms with Gasteiger partial charge in [0.2, 0.25) is 0 Å². The highest BCUT2D eigenvalue weighted by molar-refractivity contribution is 9.10. The summed E-state index contributed by atoms with van der Waals surface area (Å²) >= 11 is 9.27. The summed E-state index contributed by atoms with van der Waals surface area (Å²) in [6.45, 7) is 7.61. The smallest absolute Gasteiger partial charge is 0.262 e. The van der Waals surface area contributed by atoms with E-state index in [1.54, 1.807) is 7.11 Å². The molecule has 1 aliphatic rings. The molecule has 0 atom stereocenters. The molecule has 0 aliphatic carbocycles. The normalized spacial score (nSPS) is 14.3. The second kappa shape index (κ2) is 10.4. The van der Waals surface area contributed by atoms with E-state index in [0.717, 1.165) is 53.5 Å². The third-order valence-corrected chi connectivity index (χ3v) is 6.20. The number of methoxy groups -OCH3 is 1. The van der Waals surface area contributed by atoms with Gasteiger partial charge >= 0.3 is 0 Å². The second-order valence-corrected chi connectivity index (χ2v) is 9.04. The monoisotopic (exact) mass is 505 g/mol. The molecule has 8 heteroatoms. The maximum absolute atomic E-state index is 12.4. The van der Waals surface area contributed by atoms with E-state index in [9.17, 15) is 4.79 Å². The van der Waals surface area contributed by atoms with Crippen LogP contribution in [0.15, 0.2) is 34.8 Å². The number of ether oxygens (including phenoxy) is 2. The van der Waals surface area contributed by atoms with Crippen LogP contribution < -0.4 is 14.8 Å². The largest absolute Gasteiger partial charge is 0.493 e. The first-order valence-corrected chi connectivity index (χ1v) is 11.3. The summed E-state index contributed by atoms with van der Waals surface area (Å²) < 4.78 is 12.0. The molecular weight excluding hydrogens is 478 g/mol. The molecule has 1 fully saturated rings. The first kappa shape index (κ1) is 23.5. The van der Waals surface area contributed by atoms with Crippen LogP contribution in [0.5, 0.6) is 11.5 Å². The fourth-order valence-corrected chi connectivity index (χ4v) is 4.41. The highest BCUT2D eigenvalue weighted by Crippen LogP contribution is 2.37. The Hall–Kier alpha value is -2.16. The van der Waals surface area contributed by atoms with Gasteiger partial charge in [-0.1, -0.05) is 18.3 Å². The molecular formula is C23H28BrN3O3S. The lowest BCUT2D eigenvalue weighted by molar-refractivity contribution is -0.118. The predicted octanol–water partition coefficient (Wildman–Crippen LogP) is 4.01. The topological polar surface area (TPSA) is 54.0 Å². The molecule has 1 saturated heterocycles. The Balaban J connectivity index is 1.68. The molecule has 1 aliphatic heterocycles. The van der Waals surface area contributed by atoms with Crippen LogP contribution in [0.3, 0.4) is 0 Å². The van der Waals surface area contributed by atoms with Crippen molar-refractivity contribution in [3.05, 3.63) is 51.5 Å². The van der Waals surface area contributed by atoms with Crippen LogP contribution in [0.25, 0.3) is 0 Å². The number of thiocarbonyl (C=S) groups is 1. The van der Waals surface area contributed by atoms with Crippen LogP contribution in [0, 0.1) is 13.8 Å². The lowest BCUT2D eigenvalue weighted by atomic mass is 10.1. The molecule has 1 N–H and O–H groups in total. The zero-order valence-corrected chi connectivity index (χ0v) is 20.7. The summed E-state index contributed by atoms with van der Waals surface area (Å²) in [7, 11) is 3.69. The molecule has 1 heterocycles. The van der Waals surface area contributed by atoms with E-state index in [1.807, 2.05) is 38.1 Å². The second-order valence-electron chi connectivity index (χ2n) is 7.80. The molecule has 0 radical (unpaired) electrons. The van der Waals surface area contributed by atoms with Crippen molar-refractivity contribution in [2.75, 3.05) is 52.3 Å². The zero-order valence-electron chi connectivity index (χ0n) is 18.3. The standard InChI is InChI=1S/C23H28BrN3O3S/c1-15-9-16(2)11-18(10-15)25-21(28)14-30-22-19(24)12-17(13-20(22)29-4)23(31)27-7-5-26(3)6-8-27/h9-13H,5-8,14H2,1-4H3,(H,25,28). The van der Waals surface area contributed by atoms with Gasteiger partial charge in [-0.25, -0.2) is 0 Å². The van der Waals surface area contributed by atoms with Gasteiger partial charge in [0.15, 0.2) is 18.1 Å². The van der Waals surface area contributed by atoms with Crippen LogP contribution in [0.4, 0.5) is 5.69 Å². The molecule has 2 aromatic rings. The predicted molar refractivity (Wildman–Crippen MR) is 132 cm³/mol. The molecule has 0 unspecified atom stereocenters. The SMILES string of the molecule is COc1cc(C(=S)N2CCN(C)CC2)cc(Br)c1OCC(=O)Nc1cc(C)cc(C)c1. The van der Waals surface area contributed by atoms with E-state index in [1.165, 1.54) is 0 Å². The first-order chi connectivity index (χ1) is 14.8. The van der Waals surface area contributed by atoms with Gasteiger partial charge in [0.05, 0.1) is 11.6 Å². The summed E-state index contributed by atoms with van der Waals surface area (Å²) in [6.07, 6.45) is 0. The van der Waals surface area contributed by atoms with Crippen molar-refractivity contribution in [1.29, 1.82) is 0 Å². The lowest BCUT2D eigenvalue weighted by Crippen LogP contribution is -2.46. The van der Waals surface area contributed by atoms with Crippen molar-refractivity contribution < 1.29 is 14.3 Å². The van der Waals surface area contributed by atoms with Crippen molar-refractivity contribution in [2.24, 2.45) is 0 Å². The number of hydrogen-bond donors (Lipinski definition) is 1. The highest BCUT2D eigenvalue weighted by atomic mass is 79.9. The van der Waals surface area contributed by atoms with Crippen molar-refractivity contribution in [1.82, 2.24) is 9.80 Å². The summed E-state index contributed by atoms with van der Waals surface area (Å²) in [5.41, 5.74) is 3.82. The number of benzene rings is 2. The van der Waals surface area contributed by atoms with Gasteiger partial charge in [-0.05, 0) is 72.2 Å². The van der Waals surface area contributed by atoms with Gasteiger partial charge in [-0.15, -0.1) is 0 Å². The molecule has 0 aromatic heterocycles. The average Bonchev–Trinajstić information content (AvgIpc) is 2.71. The molecule has 0 bridgehead atoms. The van der Waals surface area contributed by atoms with Crippen molar-refractivity contribution >= 4 is 44.7 Å². The van der Waals surface area contributed by atoms with Crippen LogP contribution in [0.2, 0.25) is 0 Å². The van der Waals surface area contributed by atoms with Gasteiger partial charge in [0.1, 0.15) is 4.99 Å². The average molecular weight is 506 g/mol. The Morgan fingerprint density at radius 2 is 1.74 bits per heavy atom. The minimum Gasteiger partial charge on any atom is -0.493 e. The van der Waals surface area contributed by atoms with Crippen molar-refractivity contribution in [3.8, 4) is 11.5 Å². The van der Waals surface area contributed by atoms with E-state index in [2.05, 4.69) is 44.2 Å². The van der Waals surface area contributed by atoms with E-state index < -0.39 is 0 Å². The molecule has 0 spiro atoms. The number of halogens is 1. The number of hydrogen-bond acceptors (Lipinski definition) is 5. The first-order valence-electron chi connectivity index (χ1n) is 10.1. The minimum atomic E-state index is -0.240. The Kier molecular flexibility index (Phi) is 7.91. The van der Waals surface area contributed by atoms with Crippen LogP contribution >= 0.6 is 28.1 Å². The number of rotatable bonds is 6. The number of nitrogens with one attached hydrogen (secondary N) is 1. The Morgan fingerprint density at radius 1 is 1.10 bits per heavy atom. The fraction of sp³-hybridized carbons (Fsp3) is 0.391. The van der Waals surface area contributed by atoms with E-state index in [0.29, 0.717) is 16.0 Å². The maximum Gasteiger partial charge on any atom is 0.262 e. The molecule has 6 nitrogen and oxygen atoms in total. The molecule has 2 aromatic carbocycles. The van der Waals surface area contributed by atoms with E-state index in [4.69, 9.17) is 21.7 Å². The minimum absolute atomic E-state index is 0.135. The van der Waals surface area contributed by atoms with Gasteiger partial charge in [0, 0.05) is 37.4 Å². The third-order valence-electron chi connectivity index (χ3n) is 5.12. The maximum atomic E-state index is 12.4. The van der Waals surface area contributed by atoms with Gasteiger partial charge in [-0.3, -0.25) is 4.79 Å². The summed E-state index contributed by atoms with van der Waals surface area (Å²) in [6, 6.07) is 9.69. The zero-order chi connectivity index (χ0) is 22.5. The van der Waals surface area contributed by atoms with Crippen LogP contribution in [-0.4, -0.2) is 67.6 Å². The Morgan fingerprint density at radius 3 is 2.35 bits per heavy atom. The number of nitrogens with zero attached hydrogens (tertiary/aromatic N) is 2. The molecule has 166 valence electrons. The molecule has 0 saturated carbocycles. The number of likely N-dealkylation sites (N-methyl/N-ethyl adjacent to an activating group) is 1. The van der Waals surface area contributed by atoms with Gasteiger partial charge < -0.3 is 24.6 Å². The van der Waals surface area contributed by atoms with Crippen molar-refractivity contribution in [2.45, 2.75) is 13.8 Å². The fourth-order valence-electron chi connectivity index (χ4n) is 3.56. The van der Waals surface area contributed by atoms with Crippen LogP contribution in [-0.2, 0) is 4.79 Å². The number of anilines is 1. The summed E-state index contributed by atoms with van der Waals surface area (Å²) in [5.74, 6) is 0.763. The van der Waals surface area contributed by atoms with Crippen molar-refractivity contribution in [3.63, 3.8) is 0 Å². The lowest BCUT2D eigenvalue weighted by Gasteiger charge is -2.34. The van der Waals surface area contributed by atoms with Gasteiger partial charge in [0.25, 0.3) is 5.91 Å². The highest BCUT2D eigenvalue weighted by Gasteiger charge is 2.21. The number of aryl methyl sites for hydroxylation is 2. The number of piperazine rings is 1.